The molecule has 0 radical (unpaired) electrons. The summed E-state index contributed by atoms with van der Waals surface area (Å²) >= 11 is 2.62. The van der Waals surface area contributed by atoms with Gasteiger partial charge in [-0.05, 0) is 52.9 Å². The molecule has 0 aliphatic carbocycles. The van der Waals surface area contributed by atoms with Crippen LogP contribution in [-0.4, -0.2) is 24.1 Å². The molecule has 1 aromatic heterocycles. The largest absolute Gasteiger partial charge is 0.573 e. The minimum absolute atomic E-state index is 0.0121. The topological polar surface area (TPSA) is 90.4 Å². The molecule has 0 unspecified atom stereocenters. The maximum Gasteiger partial charge on any atom is 0.573 e. The highest BCUT2D eigenvalue weighted by Gasteiger charge is 2.31. The lowest BCUT2D eigenvalue weighted by Gasteiger charge is -2.14. The summed E-state index contributed by atoms with van der Waals surface area (Å²) in [6.07, 6.45) is -3.61. The smallest absolute Gasteiger partial charge is 0.455 e. The number of nitrogens with one attached hydrogen (secondary N) is 1. The second-order valence-corrected chi connectivity index (χ2v) is 8.63. The van der Waals surface area contributed by atoms with Gasteiger partial charge in [0.05, 0.1) is 3.57 Å². The molecule has 0 saturated carbocycles. The van der Waals surface area contributed by atoms with Crippen molar-refractivity contribution in [1.29, 1.82) is 0 Å². The molecule has 0 amide bonds. The lowest BCUT2D eigenvalue weighted by atomic mass is 10.3. The number of hydrogen-bond donors (Lipinski definition) is 1. The van der Waals surface area contributed by atoms with Crippen LogP contribution in [0.15, 0.2) is 53.7 Å². The quantitative estimate of drug-likeness (QED) is 0.456. The molecule has 1 heterocycles. The van der Waals surface area contributed by atoms with Gasteiger partial charge in [0.2, 0.25) is 5.13 Å². The van der Waals surface area contributed by atoms with Crippen molar-refractivity contribution in [3.63, 3.8) is 0 Å². The summed E-state index contributed by atoms with van der Waals surface area (Å²) < 4.78 is 78.0. The van der Waals surface area contributed by atoms with Crippen LogP contribution in [0.5, 0.6) is 17.2 Å². The zero-order chi connectivity index (χ0) is 20.4. The average molecular weight is 543 g/mol. The summed E-state index contributed by atoms with van der Waals surface area (Å²) in [6.45, 7) is 0. The molecule has 0 spiro atoms. The molecule has 0 bridgehead atoms. The Morgan fingerprint density at radius 1 is 1.11 bits per heavy atom. The van der Waals surface area contributed by atoms with E-state index in [-0.39, 0.29) is 21.5 Å². The summed E-state index contributed by atoms with van der Waals surface area (Å²) in [5.74, 6) is -0.265. The van der Waals surface area contributed by atoms with E-state index >= 15 is 0 Å². The number of benzene rings is 2. The summed E-state index contributed by atoms with van der Waals surface area (Å²) in [5.41, 5.74) is 0. The maximum atomic E-state index is 12.6. The molecule has 28 heavy (non-hydrogen) atoms. The normalized spacial score (nSPS) is 11.9. The predicted octanol–water partition coefficient (Wildman–Crippen LogP) is 4.63. The van der Waals surface area contributed by atoms with Gasteiger partial charge in [-0.1, -0.05) is 12.1 Å². The summed E-state index contributed by atoms with van der Waals surface area (Å²) in [7, 11) is -4.02. The molecule has 0 saturated heterocycles. The highest BCUT2D eigenvalue weighted by Crippen LogP contribution is 2.35. The van der Waals surface area contributed by atoms with E-state index in [1.54, 1.807) is 28.7 Å². The van der Waals surface area contributed by atoms with Gasteiger partial charge in [-0.25, -0.2) is 13.4 Å². The first-order valence-electron chi connectivity index (χ1n) is 7.26. The van der Waals surface area contributed by atoms with Crippen LogP contribution in [-0.2, 0) is 10.0 Å². The van der Waals surface area contributed by atoms with E-state index in [1.807, 2.05) is 0 Å². The monoisotopic (exact) mass is 543 g/mol. The van der Waals surface area contributed by atoms with Gasteiger partial charge in [0, 0.05) is 11.5 Å². The second-order valence-electron chi connectivity index (χ2n) is 5.04. The van der Waals surface area contributed by atoms with Crippen molar-refractivity contribution in [3.05, 3.63) is 52.4 Å². The van der Waals surface area contributed by atoms with Crippen LogP contribution < -0.4 is 14.2 Å². The minimum Gasteiger partial charge on any atom is -0.455 e. The lowest BCUT2D eigenvalue weighted by Crippen LogP contribution is -2.17. The molecule has 3 rings (SSSR count). The molecule has 3 aromatic rings. The van der Waals surface area contributed by atoms with E-state index in [2.05, 4.69) is 18.8 Å². The number of nitrogens with zero attached hydrogens (tertiary/aromatic N) is 2. The summed E-state index contributed by atoms with van der Waals surface area (Å²) in [6, 6.07) is 9.27. The third-order valence-corrected chi connectivity index (χ3v) is 6.01. The standard InChI is InChI=1S/C15H9F3IN3O4S2/c16-15(17,18)26-9-5-6-11(10(19)7-9)25-12-3-1-2-4-13(12)28(23,24)22-14-20-8-21-27-14/h1-8H,(H,20,21,22). The van der Waals surface area contributed by atoms with E-state index < -0.39 is 22.1 Å². The lowest BCUT2D eigenvalue weighted by molar-refractivity contribution is -0.274. The maximum absolute atomic E-state index is 12.6. The first-order valence-corrected chi connectivity index (χ1v) is 10.6. The number of aromatic nitrogens is 2. The summed E-state index contributed by atoms with van der Waals surface area (Å²) in [4.78, 5) is 3.59. The van der Waals surface area contributed by atoms with Crippen molar-refractivity contribution < 1.29 is 31.1 Å². The first kappa shape index (κ1) is 20.6. The van der Waals surface area contributed by atoms with E-state index in [0.717, 1.165) is 23.7 Å². The molecule has 0 aliphatic heterocycles. The zero-order valence-corrected chi connectivity index (χ0v) is 17.3. The third kappa shape index (κ3) is 5.23. The first-order chi connectivity index (χ1) is 13.1. The Labute approximate surface area is 174 Å². The highest BCUT2D eigenvalue weighted by molar-refractivity contribution is 14.1. The Morgan fingerprint density at radius 3 is 2.50 bits per heavy atom. The Kier molecular flexibility index (Phi) is 5.95. The van der Waals surface area contributed by atoms with Gasteiger partial charge in [0.25, 0.3) is 10.0 Å². The van der Waals surface area contributed by atoms with Crippen molar-refractivity contribution in [2.45, 2.75) is 11.3 Å². The van der Waals surface area contributed by atoms with Gasteiger partial charge in [-0.15, -0.1) is 13.2 Å². The molecule has 7 nitrogen and oxygen atoms in total. The Bertz CT molecular complexity index is 1080. The molecule has 0 atom stereocenters. The van der Waals surface area contributed by atoms with E-state index in [1.165, 1.54) is 30.6 Å². The molecule has 148 valence electrons. The van der Waals surface area contributed by atoms with Crippen molar-refractivity contribution in [3.8, 4) is 17.2 Å². The molecule has 13 heteroatoms. The van der Waals surface area contributed by atoms with E-state index in [0.29, 0.717) is 3.57 Å². The fourth-order valence-corrected chi connectivity index (χ4v) is 4.41. The van der Waals surface area contributed by atoms with Crippen LogP contribution in [0.3, 0.4) is 0 Å². The molecule has 1 N–H and O–H groups in total. The average Bonchev–Trinajstić information content (AvgIpc) is 3.08. The minimum atomic E-state index is -4.82. The van der Waals surface area contributed by atoms with Gasteiger partial charge < -0.3 is 9.47 Å². The van der Waals surface area contributed by atoms with Crippen molar-refractivity contribution in [2.24, 2.45) is 0 Å². The van der Waals surface area contributed by atoms with Crippen molar-refractivity contribution in [1.82, 2.24) is 9.36 Å². The number of rotatable bonds is 6. The molecular weight excluding hydrogens is 534 g/mol. The van der Waals surface area contributed by atoms with Gasteiger partial charge in [-0.2, -0.15) is 4.37 Å². The van der Waals surface area contributed by atoms with Crippen LogP contribution >= 0.6 is 34.1 Å². The van der Waals surface area contributed by atoms with Crippen molar-refractivity contribution in [2.75, 3.05) is 4.72 Å². The van der Waals surface area contributed by atoms with E-state index in [9.17, 15) is 21.6 Å². The van der Waals surface area contributed by atoms with Gasteiger partial charge in [0.1, 0.15) is 28.5 Å². The number of anilines is 1. The van der Waals surface area contributed by atoms with Gasteiger partial charge in [-0.3, -0.25) is 4.72 Å². The van der Waals surface area contributed by atoms with Crippen LogP contribution in [0, 0.1) is 3.57 Å². The van der Waals surface area contributed by atoms with Gasteiger partial charge >= 0.3 is 6.36 Å². The SMILES string of the molecule is O=S(=O)(Nc1ncns1)c1ccccc1Oc1ccc(OC(F)(F)F)cc1I. The third-order valence-electron chi connectivity index (χ3n) is 3.08. The number of alkyl halides is 3. The number of para-hydroxylation sites is 1. The van der Waals surface area contributed by atoms with Crippen LogP contribution in [0.1, 0.15) is 0 Å². The summed E-state index contributed by atoms with van der Waals surface area (Å²) in [5, 5.41) is 0.0815. The fourth-order valence-electron chi connectivity index (χ4n) is 2.02. The molecule has 0 aliphatic rings. The fraction of sp³-hybridized carbons (Fsp3) is 0.0667. The van der Waals surface area contributed by atoms with Crippen LogP contribution in [0.2, 0.25) is 0 Å². The molecule has 0 fully saturated rings. The molecular formula is C15H9F3IN3O4S2. The molecule has 2 aromatic carbocycles. The van der Waals surface area contributed by atoms with Crippen LogP contribution in [0.25, 0.3) is 0 Å². The highest BCUT2D eigenvalue weighted by atomic mass is 127. The predicted molar refractivity (Wildman–Crippen MR) is 103 cm³/mol. The second kappa shape index (κ2) is 8.08. The number of halogens is 4. The van der Waals surface area contributed by atoms with Crippen molar-refractivity contribution >= 4 is 49.3 Å². The Morgan fingerprint density at radius 2 is 1.86 bits per heavy atom. The number of sulfonamides is 1. The van der Waals surface area contributed by atoms with E-state index in [4.69, 9.17) is 4.74 Å². The van der Waals surface area contributed by atoms with Gasteiger partial charge in [0.15, 0.2) is 0 Å². The number of hydrogen-bond acceptors (Lipinski definition) is 7. The van der Waals surface area contributed by atoms with Crippen LogP contribution in [0.4, 0.5) is 18.3 Å². The Hall–Kier alpha value is -2.13. The Balaban J connectivity index is 1.88. The zero-order valence-electron chi connectivity index (χ0n) is 13.5. The number of ether oxygens (including phenoxy) is 2.